The van der Waals surface area contributed by atoms with Gasteiger partial charge in [-0.3, -0.25) is 19.3 Å². The predicted octanol–water partition coefficient (Wildman–Crippen LogP) is 3.89. The fourth-order valence-corrected chi connectivity index (χ4v) is 7.30. The zero-order chi connectivity index (χ0) is 23.4. The molecule has 3 aromatic rings. The molecule has 4 aliphatic heterocycles. The molecule has 3 saturated heterocycles. The van der Waals surface area contributed by atoms with E-state index in [1.807, 2.05) is 62.4 Å². The van der Waals surface area contributed by atoms with Gasteiger partial charge in [0.05, 0.1) is 17.5 Å². The maximum atomic E-state index is 14.3. The lowest BCUT2D eigenvalue weighted by atomic mass is 9.75. The lowest BCUT2D eigenvalue weighted by molar-refractivity contribution is -0.135. The average molecular weight is 452 g/mol. The molecule has 0 radical (unpaired) electrons. The molecule has 0 aliphatic carbocycles. The molecule has 0 unspecified atom stereocenters. The number of fused-ring (bicyclic) bond motifs is 8. The van der Waals surface area contributed by atoms with Gasteiger partial charge in [0.25, 0.3) is 0 Å². The van der Waals surface area contributed by atoms with Gasteiger partial charge in [0.15, 0.2) is 0 Å². The third kappa shape index (κ3) is 2.18. The Morgan fingerprint density at radius 3 is 2.62 bits per heavy atom. The third-order valence-corrected chi connectivity index (χ3v) is 8.45. The number of carbonyl (C=O) groups is 3. The highest BCUT2D eigenvalue weighted by Crippen LogP contribution is 2.61. The molecule has 0 saturated carbocycles. The van der Waals surface area contributed by atoms with Gasteiger partial charge in [0, 0.05) is 22.7 Å². The van der Waals surface area contributed by atoms with Crippen molar-refractivity contribution < 1.29 is 14.4 Å². The molecule has 0 aromatic heterocycles. The van der Waals surface area contributed by atoms with E-state index in [1.54, 1.807) is 0 Å². The quantitative estimate of drug-likeness (QED) is 0.570. The largest absolute Gasteiger partial charge is 0.324 e. The summed E-state index contributed by atoms with van der Waals surface area (Å²) in [6.07, 6.45) is 1.73. The van der Waals surface area contributed by atoms with Crippen molar-refractivity contribution in [3.05, 3.63) is 71.3 Å². The summed E-state index contributed by atoms with van der Waals surface area (Å²) in [5.74, 6) is -1.86. The number of hydrogen-bond acceptors (Lipinski definition) is 4. The topological polar surface area (TPSA) is 69.7 Å². The van der Waals surface area contributed by atoms with Gasteiger partial charge in [-0.2, -0.15) is 0 Å². The average Bonchev–Trinajstić information content (AvgIpc) is 3.53. The summed E-state index contributed by atoms with van der Waals surface area (Å²) in [6.45, 7) is 4.72. The lowest BCUT2D eigenvalue weighted by Crippen LogP contribution is -2.54. The molecule has 3 fully saturated rings. The number of imide groups is 1. The number of rotatable bonds is 1. The van der Waals surface area contributed by atoms with E-state index in [9.17, 15) is 14.4 Å². The molecule has 170 valence electrons. The lowest BCUT2D eigenvalue weighted by Gasteiger charge is -2.37. The Hall–Kier alpha value is -3.51. The molecule has 4 heterocycles. The second-order valence-electron chi connectivity index (χ2n) is 10.1. The van der Waals surface area contributed by atoms with Gasteiger partial charge in [-0.25, -0.2) is 4.90 Å². The zero-order valence-corrected chi connectivity index (χ0v) is 19.2. The van der Waals surface area contributed by atoms with Gasteiger partial charge in [0.1, 0.15) is 5.54 Å². The third-order valence-electron chi connectivity index (χ3n) is 8.45. The second kappa shape index (κ2) is 6.54. The van der Waals surface area contributed by atoms with Crippen LogP contribution in [-0.2, 0) is 19.9 Å². The van der Waals surface area contributed by atoms with Crippen molar-refractivity contribution in [1.82, 2.24) is 4.90 Å². The van der Waals surface area contributed by atoms with E-state index in [0.29, 0.717) is 12.2 Å². The fraction of sp³-hybridized carbons (Fsp3) is 0.321. The number of carbonyl (C=O) groups excluding carboxylic acids is 3. The van der Waals surface area contributed by atoms with Gasteiger partial charge in [0.2, 0.25) is 17.7 Å². The Morgan fingerprint density at radius 2 is 1.76 bits per heavy atom. The van der Waals surface area contributed by atoms with E-state index in [2.05, 4.69) is 16.3 Å². The second-order valence-corrected chi connectivity index (χ2v) is 10.1. The van der Waals surface area contributed by atoms with Crippen LogP contribution in [0.5, 0.6) is 0 Å². The van der Waals surface area contributed by atoms with Crippen LogP contribution >= 0.6 is 0 Å². The Bertz CT molecular complexity index is 1440. The number of hydrogen-bond donors (Lipinski definition) is 1. The summed E-state index contributed by atoms with van der Waals surface area (Å²) < 4.78 is 0. The van der Waals surface area contributed by atoms with E-state index >= 15 is 0 Å². The summed E-state index contributed by atoms with van der Waals surface area (Å²) >= 11 is 0. The summed E-state index contributed by atoms with van der Waals surface area (Å²) in [7, 11) is 0. The van der Waals surface area contributed by atoms with Gasteiger partial charge >= 0.3 is 0 Å². The van der Waals surface area contributed by atoms with E-state index < -0.39 is 17.4 Å². The molecule has 6 nitrogen and oxygen atoms in total. The monoisotopic (exact) mass is 451 g/mol. The van der Waals surface area contributed by atoms with E-state index in [-0.39, 0.29) is 23.8 Å². The van der Waals surface area contributed by atoms with Crippen LogP contribution in [0.15, 0.2) is 54.6 Å². The number of nitrogens with one attached hydrogen (secondary N) is 1. The first-order chi connectivity index (χ1) is 16.4. The number of anilines is 2. The number of amides is 3. The van der Waals surface area contributed by atoms with Crippen molar-refractivity contribution in [2.75, 3.05) is 16.8 Å². The summed E-state index contributed by atoms with van der Waals surface area (Å²) in [5, 5.41) is 4.95. The van der Waals surface area contributed by atoms with Crippen LogP contribution in [0.2, 0.25) is 0 Å². The van der Waals surface area contributed by atoms with Crippen molar-refractivity contribution in [3.63, 3.8) is 0 Å². The van der Waals surface area contributed by atoms with Crippen LogP contribution in [0.4, 0.5) is 11.4 Å². The summed E-state index contributed by atoms with van der Waals surface area (Å²) in [5.41, 5.74) is 3.17. The highest BCUT2D eigenvalue weighted by atomic mass is 16.2. The van der Waals surface area contributed by atoms with Gasteiger partial charge in [-0.05, 0) is 50.2 Å². The van der Waals surface area contributed by atoms with Crippen LogP contribution < -0.4 is 10.2 Å². The maximum absolute atomic E-state index is 14.3. The minimum Gasteiger partial charge on any atom is -0.324 e. The van der Waals surface area contributed by atoms with Crippen LogP contribution in [0, 0.1) is 25.7 Å². The number of benzene rings is 3. The van der Waals surface area contributed by atoms with E-state index in [0.717, 1.165) is 46.0 Å². The molecular weight excluding hydrogens is 426 g/mol. The molecule has 34 heavy (non-hydrogen) atoms. The normalized spacial score (nSPS) is 29.8. The van der Waals surface area contributed by atoms with Crippen molar-refractivity contribution in [3.8, 4) is 0 Å². The van der Waals surface area contributed by atoms with Crippen LogP contribution in [0.3, 0.4) is 0 Å². The highest BCUT2D eigenvalue weighted by molar-refractivity contribution is 6.28. The van der Waals surface area contributed by atoms with Gasteiger partial charge in [-0.1, -0.05) is 54.1 Å². The fourth-order valence-electron chi connectivity index (χ4n) is 7.30. The van der Waals surface area contributed by atoms with Gasteiger partial charge < -0.3 is 5.32 Å². The predicted molar refractivity (Wildman–Crippen MR) is 129 cm³/mol. The molecule has 3 amide bonds. The zero-order valence-electron chi connectivity index (χ0n) is 19.2. The SMILES string of the molecule is Cc1cc(C)c2c(c1)[C@]1(C(=O)N2)[C@@H]2C(=O)N(c3cccc4ccccc34)C(=O)[C@@H]2[C@H]2CCCN21. The molecule has 3 aromatic carbocycles. The minimum atomic E-state index is -1.13. The van der Waals surface area contributed by atoms with Crippen molar-refractivity contribution in [2.45, 2.75) is 38.3 Å². The van der Waals surface area contributed by atoms with Crippen molar-refractivity contribution in [2.24, 2.45) is 11.8 Å². The standard InChI is InChI=1S/C28H25N3O3/c1-15-13-16(2)24-19(14-15)28(27(34)29-24)23-22(21-11-6-12-30(21)28)25(32)31(26(23)33)20-10-5-8-17-7-3-4-9-18(17)20/h3-5,7-10,13-14,21-23H,6,11-12H2,1-2H3,(H,29,34)/t21-,22-,23+,28-/m1/s1. The minimum absolute atomic E-state index is 0.112. The molecule has 1 N–H and O–H groups in total. The van der Waals surface area contributed by atoms with Gasteiger partial charge in [-0.15, -0.1) is 0 Å². The summed E-state index contributed by atoms with van der Waals surface area (Å²) in [4.78, 5) is 45.7. The first kappa shape index (κ1) is 19.9. The van der Waals surface area contributed by atoms with Crippen LogP contribution in [0.25, 0.3) is 10.8 Å². The smallest absolute Gasteiger partial charge is 0.250 e. The molecule has 4 aliphatic rings. The maximum Gasteiger partial charge on any atom is 0.250 e. The molecule has 7 rings (SSSR count). The molecule has 1 spiro atoms. The van der Waals surface area contributed by atoms with Crippen molar-refractivity contribution in [1.29, 1.82) is 0 Å². The summed E-state index contributed by atoms with van der Waals surface area (Å²) in [6, 6.07) is 17.5. The first-order valence-electron chi connectivity index (χ1n) is 12.0. The molecule has 6 heteroatoms. The number of aryl methyl sites for hydroxylation is 2. The Morgan fingerprint density at radius 1 is 0.971 bits per heavy atom. The molecular formula is C28H25N3O3. The molecule has 4 atom stereocenters. The van der Waals surface area contributed by atoms with Crippen LogP contribution in [0.1, 0.15) is 29.5 Å². The van der Waals surface area contributed by atoms with Crippen LogP contribution in [-0.4, -0.2) is 35.2 Å². The Labute approximate surface area is 197 Å². The Kier molecular flexibility index (Phi) is 3.83. The van der Waals surface area contributed by atoms with Crippen molar-refractivity contribution >= 4 is 39.9 Å². The number of nitrogens with zero attached hydrogens (tertiary/aromatic N) is 2. The highest BCUT2D eigenvalue weighted by Gasteiger charge is 2.74. The van der Waals surface area contributed by atoms with E-state index in [4.69, 9.17) is 0 Å². The van der Waals surface area contributed by atoms with E-state index in [1.165, 1.54) is 4.90 Å². The first-order valence-corrected chi connectivity index (χ1v) is 12.0. The Balaban J connectivity index is 1.47. The molecule has 0 bridgehead atoms.